The maximum atomic E-state index is 4.74. The Morgan fingerprint density at radius 3 is 2.82 bits per heavy atom. The second kappa shape index (κ2) is 8.90. The number of guanidine groups is 1. The van der Waals surface area contributed by atoms with Crippen molar-refractivity contribution in [1.29, 1.82) is 0 Å². The molecule has 1 saturated carbocycles. The number of rotatable bonds is 6. The zero-order valence-electron chi connectivity index (χ0n) is 13.2. The molecule has 0 aromatic carbocycles. The molecule has 1 aromatic rings. The lowest BCUT2D eigenvalue weighted by Gasteiger charge is -2.12. The number of nitrogens with zero attached hydrogens (tertiary/aromatic N) is 3. The van der Waals surface area contributed by atoms with Crippen LogP contribution in [-0.4, -0.2) is 44.2 Å². The third-order valence-corrected chi connectivity index (χ3v) is 5.02. The number of hydrogen-bond donors (Lipinski definition) is 2. The van der Waals surface area contributed by atoms with E-state index < -0.39 is 0 Å². The molecule has 5 nitrogen and oxygen atoms in total. The van der Waals surface area contributed by atoms with Gasteiger partial charge < -0.3 is 15.5 Å². The van der Waals surface area contributed by atoms with Gasteiger partial charge in [0.1, 0.15) is 0 Å². The van der Waals surface area contributed by atoms with Gasteiger partial charge in [-0.1, -0.05) is 0 Å². The van der Waals surface area contributed by atoms with Gasteiger partial charge in [0.25, 0.3) is 0 Å². The van der Waals surface area contributed by atoms with Gasteiger partial charge in [-0.3, -0.25) is 4.99 Å². The van der Waals surface area contributed by atoms with E-state index in [4.69, 9.17) is 4.98 Å². The Balaban J connectivity index is 0.00000176. The fraction of sp³-hybridized carbons (Fsp3) is 0.733. The van der Waals surface area contributed by atoms with E-state index in [1.807, 2.05) is 7.05 Å². The number of hydrogen-bond acceptors (Lipinski definition) is 4. The average Bonchev–Trinajstić information content (AvgIpc) is 2.99. The molecule has 0 amide bonds. The molecule has 1 aliphatic carbocycles. The Kier molecular flexibility index (Phi) is 7.20. The van der Waals surface area contributed by atoms with Crippen LogP contribution < -0.4 is 15.5 Å². The van der Waals surface area contributed by atoms with Crippen LogP contribution in [0.15, 0.2) is 10.4 Å². The van der Waals surface area contributed by atoms with Gasteiger partial charge in [0.15, 0.2) is 11.1 Å². The Bertz CT molecular complexity index is 480. The van der Waals surface area contributed by atoms with Gasteiger partial charge in [-0.05, 0) is 31.6 Å². The van der Waals surface area contributed by atoms with E-state index in [0.29, 0.717) is 0 Å². The number of anilines is 1. The summed E-state index contributed by atoms with van der Waals surface area (Å²) in [7, 11) is 1.83. The summed E-state index contributed by atoms with van der Waals surface area (Å²) in [6.45, 7) is 4.27. The number of aliphatic imine (C=N–C) groups is 1. The third-order valence-electron chi connectivity index (χ3n) is 4.07. The molecule has 1 aliphatic heterocycles. The van der Waals surface area contributed by atoms with Crippen LogP contribution in [0.25, 0.3) is 0 Å². The van der Waals surface area contributed by atoms with E-state index in [9.17, 15) is 0 Å². The maximum absolute atomic E-state index is 4.74. The quantitative estimate of drug-likeness (QED) is 0.410. The van der Waals surface area contributed by atoms with Gasteiger partial charge in [-0.2, -0.15) is 0 Å². The molecule has 2 N–H and O–H groups in total. The van der Waals surface area contributed by atoms with Crippen molar-refractivity contribution in [3.05, 3.63) is 11.1 Å². The summed E-state index contributed by atoms with van der Waals surface area (Å²) >= 11 is 1.78. The summed E-state index contributed by atoms with van der Waals surface area (Å²) in [4.78, 5) is 11.4. The van der Waals surface area contributed by atoms with Crippen LogP contribution in [0, 0.1) is 5.92 Å². The Morgan fingerprint density at radius 2 is 2.14 bits per heavy atom. The van der Waals surface area contributed by atoms with E-state index in [2.05, 4.69) is 25.9 Å². The third kappa shape index (κ3) is 5.26. The van der Waals surface area contributed by atoms with Gasteiger partial charge >= 0.3 is 0 Å². The van der Waals surface area contributed by atoms with Gasteiger partial charge in [-0.25, -0.2) is 4.98 Å². The molecule has 1 saturated heterocycles. The highest BCUT2D eigenvalue weighted by Gasteiger charge is 2.21. The van der Waals surface area contributed by atoms with E-state index >= 15 is 0 Å². The lowest BCUT2D eigenvalue weighted by Crippen LogP contribution is -2.39. The van der Waals surface area contributed by atoms with E-state index in [1.54, 1.807) is 11.3 Å². The van der Waals surface area contributed by atoms with Crippen LogP contribution in [0.4, 0.5) is 5.13 Å². The zero-order valence-corrected chi connectivity index (χ0v) is 16.3. The number of halogens is 1. The summed E-state index contributed by atoms with van der Waals surface area (Å²) in [5, 5.41) is 10.1. The van der Waals surface area contributed by atoms with Crippen molar-refractivity contribution in [3.63, 3.8) is 0 Å². The highest BCUT2D eigenvalue weighted by Crippen LogP contribution is 2.27. The zero-order chi connectivity index (χ0) is 14.5. The van der Waals surface area contributed by atoms with Crippen molar-refractivity contribution < 1.29 is 0 Å². The molecule has 22 heavy (non-hydrogen) atoms. The first-order valence-corrected chi connectivity index (χ1v) is 8.87. The molecular weight excluding hydrogens is 409 g/mol. The SMILES string of the molecule is CN=C(NCCc1csc(N2CCCC2)n1)NCC1CC1.I. The molecule has 2 fully saturated rings. The fourth-order valence-electron chi connectivity index (χ4n) is 2.56. The monoisotopic (exact) mass is 435 g/mol. The van der Waals surface area contributed by atoms with Crippen LogP contribution in [0.3, 0.4) is 0 Å². The topological polar surface area (TPSA) is 52.6 Å². The number of aromatic nitrogens is 1. The molecule has 3 rings (SSSR count). The Morgan fingerprint density at radius 1 is 1.36 bits per heavy atom. The average molecular weight is 435 g/mol. The Labute approximate surface area is 154 Å². The van der Waals surface area contributed by atoms with Crippen molar-refractivity contribution in [3.8, 4) is 0 Å². The minimum atomic E-state index is 0. The van der Waals surface area contributed by atoms with Gasteiger partial charge in [0.05, 0.1) is 5.69 Å². The van der Waals surface area contributed by atoms with E-state index in [0.717, 1.165) is 31.4 Å². The molecule has 7 heteroatoms. The molecule has 0 unspecified atom stereocenters. The molecule has 1 aromatic heterocycles. The van der Waals surface area contributed by atoms with Crippen LogP contribution in [0.2, 0.25) is 0 Å². The van der Waals surface area contributed by atoms with Crippen molar-refractivity contribution >= 4 is 46.4 Å². The maximum Gasteiger partial charge on any atom is 0.190 e. The van der Waals surface area contributed by atoms with Crippen molar-refractivity contribution in [2.24, 2.45) is 10.9 Å². The number of thiazole rings is 1. The van der Waals surface area contributed by atoms with Gasteiger partial charge in [0, 0.05) is 45.0 Å². The summed E-state index contributed by atoms with van der Waals surface area (Å²) in [5.41, 5.74) is 1.19. The van der Waals surface area contributed by atoms with Crippen LogP contribution in [0.5, 0.6) is 0 Å². The van der Waals surface area contributed by atoms with Crippen molar-refractivity contribution in [2.75, 3.05) is 38.1 Å². The molecule has 0 spiro atoms. The first kappa shape index (κ1) is 17.8. The first-order chi connectivity index (χ1) is 10.3. The number of nitrogens with one attached hydrogen (secondary N) is 2. The van der Waals surface area contributed by atoms with Crippen molar-refractivity contribution in [2.45, 2.75) is 32.1 Å². The normalized spacial score (nSPS) is 18.2. The summed E-state index contributed by atoms with van der Waals surface area (Å²) in [6.07, 6.45) is 6.29. The van der Waals surface area contributed by atoms with E-state index in [-0.39, 0.29) is 24.0 Å². The van der Waals surface area contributed by atoms with Crippen LogP contribution in [-0.2, 0) is 6.42 Å². The largest absolute Gasteiger partial charge is 0.356 e. The summed E-state index contributed by atoms with van der Waals surface area (Å²) in [5.74, 6) is 1.78. The minimum absolute atomic E-state index is 0. The molecule has 0 bridgehead atoms. The lowest BCUT2D eigenvalue weighted by molar-refractivity contribution is 0.732. The van der Waals surface area contributed by atoms with Gasteiger partial charge in [0.2, 0.25) is 0 Å². The second-order valence-corrected chi connectivity index (χ2v) is 6.73. The highest BCUT2D eigenvalue weighted by molar-refractivity contribution is 14.0. The first-order valence-electron chi connectivity index (χ1n) is 7.99. The molecule has 2 aliphatic rings. The predicted molar refractivity (Wildman–Crippen MR) is 105 cm³/mol. The molecule has 2 heterocycles. The van der Waals surface area contributed by atoms with Gasteiger partial charge in [-0.15, -0.1) is 35.3 Å². The molecule has 0 radical (unpaired) electrons. The van der Waals surface area contributed by atoms with Crippen LogP contribution >= 0.6 is 35.3 Å². The highest BCUT2D eigenvalue weighted by atomic mass is 127. The van der Waals surface area contributed by atoms with E-state index in [1.165, 1.54) is 49.6 Å². The second-order valence-electron chi connectivity index (χ2n) is 5.89. The Hall–Kier alpha value is -0.570. The van der Waals surface area contributed by atoms with Crippen molar-refractivity contribution in [1.82, 2.24) is 15.6 Å². The summed E-state index contributed by atoms with van der Waals surface area (Å²) < 4.78 is 0. The molecular formula is C15H26IN5S. The smallest absolute Gasteiger partial charge is 0.190 e. The molecule has 124 valence electrons. The molecule has 0 atom stereocenters. The predicted octanol–water partition coefficient (Wildman–Crippen LogP) is 2.48. The van der Waals surface area contributed by atoms with Crippen LogP contribution in [0.1, 0.15) is 31.4 Å². The fourth-order valence-corrected chi connectivity index (χ4v) is 3.47. The lowest BCUT2D eigenvalue weighted by atomic mass is 10.3. The summed E-state index contributed by atoms with van der Waals surface area (Å²) in [6, 6.07) is 0. The minimum Gasteiger partial charge on any atom is -0.356 e. The standard InChI is InChI=1S/C15H25N5S.HI/c1-16-14(18-10-12-4-5-12)17-7-6-13-11-21-15(19-13)20-8-2-3-9-20;/h11-12H,2-10H2,1H3,(H2,16,17,18);1H.